The van der Waals surface area contributed by atoms with Gasteiger partial charge in [-0.25, -0.2) is 0 Å². The summed E-state index contributed by atoms with van der Waals surface area (Å²) in [7, 11) is 0. The van der Waals surface area contributed by atoms with E-state index in [1.807, 2.05) is 11.5 Å². The molecule has 0 aliphatic rings. The average Bonchev–Trinajstić information content (AvgIpc) is 3.20. The van der Waals surface area contributed by atoms with Crippen LogP contribution in [-0.2, 0) is 12.3 Å². The standard InChI is InChI=1S/C23H26ClN5O3S/c1-4-28-21(20(13-15(2)3)25-22(30)18-7-5-6-8-19(18)24)26-27-23(28)33-14-16-9-11-17(12-10-16)29(31)32/h5-12,15,20H,4,13-14H2,1-3H3,(H,25,30)/t20-/m1/s1. The van der Waals surface area contributed by atoms with Crippen molar-refractivity contribution in [3.05, 3.63) is 80.6 Å². The lowest BCUT2D eigenvalue weighted by molar-refractivity contribution is -0.384. The maximum absolute atomic E-state index is 12.9. The molecule has 0 fully saturated rings. The Hall–Kier alpha value is -2.91. The Labute approximate surface area is 201 Å². The third-order valence-corrected chi connectivity index (χ3v) is 6.39. The molecular weight excluding hydrogens is 462 g/mol. The number of nitro benzene ring substituents is 1. The van der Waals surface area contributed by atoms with Gasteiger partial charge in [0.05, 0.1) is 21.6 Å². The van der Waals surface area contributed by atoms with Gasteiger partial charge in [0.15, 0.2) is 11.0 Å². The number of rotatable bonds is 10. The van der Waals surface area contributed by atoms with Crippen molar-refractivity contribution < 1.29 is 9.72 Å². The number of thioether (sulfide) groups is 1. The van der Waals surface area contributed by atoms with E-state index < -0.39 is 4.92 Å². The van der Waals surface area contributed by atoms with Crippen molar-refractivity contribution in [1.82, 2.24) is 20.1 Å². The van der Waals surface area contributed by atoms with Crippen molar-refractivity contribution in [2.24, 2.45) is 5.92 Å². The van der Waals surface area contributed by atoms with Gasteiger partial charge in [-0.1, -0.05) is 61.5 Å². The molecule has 1 aromatic heterocycles. The van der Waals surface area contributed by atoms with Gasteiger partial charge < -0.3 is 9.88 Å². The lowest BCUT2D eigenvalue weighted by atomic mass is 10.0. The summed E-state index contributed by atoms with van der Waals surface area (Å²) in [5, 5.41) is 23.8. The highest BCUT2D eigenvalue weighted by atomic mass is 35.5. The number of hydrogen-bond donors (Lipinski definition) is 1. The summed E-state index contributed by atoms with van der Waals surface area (Å²) in [6.45, 7) is 6.82. The molecule has 0 spiro atoms. The molecule has 0 aliphatic heterocycles. The first-order valence-corrected chi connectivity index (χ1v) is 12.0. The fourth-order valence-electron chi connectivity index (χ4n) is 3.41. The molecule has 10 heteroatoms. The van der Waals surface area contributed by atoms with Crippen LogP contribution in [0.5, 0.6) is 0 Å². The molecule has 33 heavy (non-hydrogen) atoms. The van der Waals surface area contributed by atoms with E-state index >= 15 is 0 Å². The SMILES string of the molecule is CCn1c(SCc2ccc([N+](=O)[O-])cc2)nnc1[C@@H](CC(C)C)NC(=O)c1ccccc1Cl. The third kappa shape index (κ3) is 6.33. The highest BCUT2D eigenvalue weighted by Gasteiger charge is 2.25. The van der Waals surface area contributed by atoms with Crippen molar-refractivity contribution in [3.8, 4) is 0 Å². The summed E-state index contributed by atoms with van der Waals surface area (Å²) in [6, 6.07) is 13.1. The van der Waals surface area contributed by atoms with Crippen molar-refractivity contribution in [3.63, 3.8) is 0 Å². The first kappa shape index (κ1) is 24.7. The molecule has 8 nitrogen and oxygen atoms in total. The van der Waals surface area contributed by atoms with Crippen LogP contribution in [0.3, 0.4) is 0 Å². The molecule has 3 rings (SSSR count). The van der Waals surface area contributed by atoms with Crippen LogP contribution in [0.15, 0.2) is 53.7 Å². The van der Waals surface area contributed by atoms with Crippen molar-refractivity contribution >= 4 is 35.0 Å². The zero-order chi connectivity index (χ0) is 24.0. The molecule has 174 valence electrons. The first-order chi connectivity index (χ1) is 15.8. The summed E-state index contributed by atoms with van der Waals surface area (Å²) in [6.07, 6.45) is 0.696. The van der Waals surface area contributed by atoms with Crippen LogP contribution < -0.4 is 5.32 Å². The Morgan fingerprint density at radius 3 is 2.48 bits per heavy atom. The van der Waals surface area contributed by atoms with Gasteiger partial charge in [0, 0.05) is 24.4 Å². The van der Waals surface area contributed by atoms with E-state index in [0.717, 1.165) is 10.7 Å². The van der Waals surface area contributed by atoms with Crippen LogP contribution in [0.2, 0.25) is 5.02 Å². The summed E-state index contributed by atoms with van der Waals surface area (Å²) >= 11 is 7.71. The minimum absolute atomic E-state index is 0.0635. The number of nitro groups is 1. The van der Waals surface area contributed by atoms with Gasteiger partial charge in [-0.05, 0) is 37.0 Å². The number of carbonyl (C=O) groups excluding carboxylic acids is 1. The van der Waals surface area contributed by atoms with Crippen LogP contribution in [-0.4, -0.2) is 25.6 Å². The fraction of sp³-hybridized carbons (Fsp3) is 0.348. The van der Waals surface area contributed by atoms with E-state index in [4.69, 9.17) is 11.6 Å². The lowest BCUT2D eigenvalue weighted by Crippen LogP contribution is -2.31. The number of benzene rings is 2. The predicted molar refractivity (Wildman–Crippen MR) is 129 cm³/mol. The molecule has 0 saturated heterocycles. The number of nitrogens with one attached hydrogen (secondary N) is 1. The second-order valence-electron chi connectivity index (χ2n) is 7.93. The maximum atomic E-state index is 12.9. The van der Waals surface area contributed by atoms with Gasteiger partial charge in [0.1, 0.15) is 0 Å². The third-order valence-electron chi connectivity index (χ3n) is 5.02. The molecule has 1 amide bonds. The topological polar surface area (TPSA) is 103 Å². The Balaban J connectivity index is 1.79. The van der Waals surface area contributed by atoms with Gasteiger partial charge >= 0.3 is 0 Å². The summed E-state index contributed by atoms with van der Waals surface area (Å²) in [4.78, 5) is 23.3. The first-order valence-electron chi connectivity index (χ1n) is 10.6. The maximum Gasteiger partial charge on any atom is 0.269 e. The van der Waals surface area contributed by atoms with E-state index in [2.05, 4.69) is 29.4 Å². The summed E-state index contributed by atoms with van der Waals surface area (Å²) in [5.41, 5.74) is 1.43. The monoisotopic (exact) mass is 487 g/mol. The minimum atomic E-state index is -0.414. The molecule has 0 unspecified atom stereocenters. The Morgan fingerprint density at radius 2 is 1.88 bits per heavy atom. The molecule has 0 aliphatic carbocycles. The number of nitrogens with zero attached hydrogens (tertiary/aromatic N) is 4. The van der Waals surface area contributed by atoms with Crippen LogP contribution in [0, 0.1) is 16.0 Å². The Bertz CT molecular complexity index is 1120. The van der Waals surface area contributed by atoms with E-state index in [1.165, 1.54) is 23.9 Å². The minimum Gasteiger partial charge on any atom is -0.342 e. The zero-order valence-corrected chi connectivity index (χ0v) is 20.3. The number of amides is 1. The quantitative estimate of drug-likeness (QED) is 0.224. The van der Waals surface area contributed by atoms with Gasteiger partial charge in [-0.2, -0.15) is 0 Å². The molecule has 0 radical (unpaired) electrons. The highest BCUT2D eigenvalue weighted by molar-refractivity contribution is 7.98. The molecule has 1 N–H and O–H groups in total. The smallest absolute Gasteiger partial charge is 0.269 e. The van der Waals surface area contributed by atoms with Gasteiger partial charge in [0.2, 0.25) is 0 Å². The largest absolute Gasteiger partial charge is 0.342 e. The van der Waals surface area contributed by atoms with Crippen LogP contribution in [0.25, 0.3) is 0 Å². The van der Waals surface area contributed by atoms with Crippen LogP contribution >= 0.6 is 23.4 Å². The number of carbonyl (C=O) groups is 1. The molecule has 3 aromatic rings. The second-order valence-corrected chi connectivity index (χ2v) is 9.28. The second kappa shape index (κ2) is 11.3. The molecule has 1 atom stereocenters. The summed E-state index contributed by atoms with van der Waals surface area (Å²) in [5.74, 6) is 1.35. The van der Waals surface area contributed by atoms with Crippen molar-refractivity contribution in [2.75, 3.05) is 0 Å². The van der Waals surface area contributed by atoms with Gasteiger partial charge in [-0.3, -0.25) is 14.9 Å². The predicted octanol–water partition coefficient (Wildman–Crippen LogP) is 5.67. The normalized spacial score (nSPS) is 12.0. The lowest BCUT2D eigenvalue weighted by Gasteiger charge is -2.21. The number of non-ortho nitro benzene ring substituents is 1. The van der Waals surface area contributed by atoms with Crippen LogP contribution in [0.1, 0.15) is 55.0 Å². The molecule has 0 bridgehead atoms. The molecular formula is C23H26ClN5O3S. The Morgan fingerprint density at radius 1 is 1.18 bits per heavy atom. The van der Waals surface area contributed by atoms with E-state index in [9.17, 15) is 14.9 Å². The van der Waals surface area contributed by atoms with E-state index in [1.54, 1.807) is 36.4 Å². The zero-order valence-electron chi connectivity index (χ0n) is 18.7. The number of aromatic nitrogens is 3. The van der Waals surface area contributed by atoms with E-state index in [-0.39, 0.29) is 17.6 Å². The highest BCUT2D eigenvalue weighted by Crippen LogP contribution is 2.28. The van der Waals surface area contributed by atoms with Gasteiger partial charge in [0.25, 0.3) is 11.6 Å². The van der Waals surface area contributed by atoms with Crippen molar-refractivity contribution in [1.29, 1.82) is 0 Å². The fourth-order valence-corrected chi connectivity index (χ4v) is 4.59. The number of hydrogen-bond acceptors (Lipinski definition) is 6. The Kier molecular flexibility index (Phi) is 8.46. The molecule has 1 heterocycles. The average molecular weight is 488 g/mol. The molecule has 2 aromatic carbocycles. The van der Waals surface area contributed by atoms with Crippen molar-refractivity contribution in [2.45, 2.75) is 50.7 Å². The summed E-state index contributed by atoms with van der Waals surface area (Å²) < 4.78 is 2.00. The molecule has 0 saturated carbocycles. The van der Waals surface area contributed by atoms with Crippen LogP contribution in [0.4, 0.5) is 5.69 Å². The van der Waals surface area contributed by atoms with Gasteiger partial charge in [-0.15, -0.1) is 10.2 Å². The number of halogens is 1. The van der Waals surface area contributed by atoms with E-state index in [0.29, 0.717) is 41.0 Å².